The fourth-order valence-electron chi connectivity index (χ4n) is 2.56. The van der Waals surface area contributed by atoms with Crippen molar-refractivity contribution in [2.45, 2.75) is 0 Å². The van der Waals surface area contributed by atoms with E-state index in [1.165, 1.54) is 0 Å². The number of hydrogen-bond acceptors (Lipinski definition) is 4. The number of anilines is 2. The number of hydrogen-bond donors (Lipinski definition) is 1. The normalized spacial score (nSPS) is 10.3. The van der Waals surface area contributed by atoms with Gasteiger partial charge in [0.25, 0.3) is 5.91 Å². The van der Waals surface area contributed by atoms with Crippen molar-refractivity contribution >= 4 is 34.8 Å². The van der Waals surface area contributed by atoms with Gasteiger partial charge in [0.2, 0.25) is 0 Å². The Morgan fingerprint density at radius 2 is 1.59 bits per heavy atom. The number of aromatic nitrogens is 1. The molecule has 27 heavy (non-hydrogen) atoms. The largest absolute Gasteiger partial charge is 0.363 e. The van der Waals surface area contributed by atoms with Gasteiger partial charge in [-0.2, -0.15) is 0 Å². The minimum atomic E-state index is -0.368. The molecule has 0 fully saturated rings. The lowest BCUT2D eigenvalue weighted by atomic mass is 9.98. The molecule has 3 rings (SSSR count). The highest BCUT2D eigenvalue weighted by atomic mass is 35.5. The predicted molar refractivity (Wildman–Crippen MR) is 108 cm³/mol. The van der Waals surface area contributed by atoms with Crippen LogP contribution in [0.15, 0.2) is 66.9 Å². The second-order valence-electron chi connectivity index (χ2n) is 6.14. The molecule has 0 radical (unpaired) electrons. The van der Waals surface area contributed by atoms with Crippen LogP contribution >= 0.6 is 11.6 Å². The van der Waals surface area contributed by atoms with E-state index in [9.17, 15) is 9.59 Å². The maximum absolute atomic E-state index is 12.8. The number of nitrogens with zero attached hydrogens (tertiary/aromatic N) is 2. The second kappa shape index (κ2) is 8.01. The highest BCUT2D eigenvalue weighted by molar-refractivity contribution is 6.30. The number of rotatable bonds is 5. The van der Waals surface area contributed by atoms with E-state index in [0.29, 0.717) is 27.4 Å². The first-order chi connectivity index (χ1) is 13.0. The van der Waals surface area contributed by atoms with Crippen LogP contribution in [0.3, 0.4) is 0 Å². The summed E-state index contributed by atoms with van der Waals surface area (Å²) in [6, 6.07) is 16.9. The molecule has 3 aromatic rings. The number of ketones is 1. The zero-order valence-electron chi connectivity index (χ0n) is 14.9. The van der Waals surface area contributed by atoms with Crippen molar-refractivity contribution in [3.8, 4) is 0 Å². The van der Waals surface area contributed by atoms with Crippen molar-refractivity contribution in [1.29, 1.82) is 0 Å². The van der Waals surface area contributed by atoms with Crippen LogP contribution in [0.2, 0.25) is 5.02 Å². The topological polar surface area (TPSA) is 62.3 Å². The molecule has 6 heteroatoms. The van der Waals surface area contributed by atoms with Gasteiger partial charge in [-0.1, -0.05) is 29.8 Å². The summed E-state index contributed by atoms with van der Waals surface area (Å²) >= 11 is 5.88. The Hall–Kier alpha value is -3.18. The van der Waals surface area contributed by atoms with E-state index in [4.69, 9.17) is 11.6 Å². The third-order valence-electron chi connectivity index (χ3n) is 3.99. The van der Waals surface area contributed by atoms with Gasteiger partial charge in [-0.3, -0.25) is 9.59 Å². The van der Waals surface area contributed by atoms with Crippen LogP contribution < -0.4 is 10.2 Å². The van der Waals surface area contributed by atoms with Crippen molar-refractivity contribution in [2.75, 3.05) is 24.3 Å². The van der Waals surface area contributed by atoms with Crippen LogP contribution in [-0.2, 0) is 0 Å². The fraction of sp³-hybridized carbons (Fsp3) is 0.0952. The Kier molecular flexibility index (Phi) is 5.52. The molecule has 0 aliphatic heterocycles. The van der Waals surface area contributed by atoms with Crippen LogP contribution in [0.4, 0.5) is 11.5 Å². The Morgan fingerprint density at radius 3 is 2.19 bits per heavy atom. The first-order valence-electron chi connectivity index (χ1n) is 8.30. The SMILES string of the molecule is CN(C)c1ccc(NC(=O)c2ccccc2C(=O)c2ccc(Cl)cc2)cn1. The average molecular weight is 380 g/mol. The summed E-state index contributed by atoms with van der Waals surface area (Å²) in [5, 5.41) is 3.33. The summed E-state index contributed by atoms with van der Waals surface area (Å²) in [4.78, 5) is 31.7. The third-order valence-corrected chi connectivity index (χ3v) is 4.24. The molecule has 0 saturated heterocycles. The Labute approximate surface area is 162 Å². The van der Waals surface area contributed by atoms with E-state index in [1.54, 1.807) is 66.9 Å². The number of halogens is 1. The molecule has 5 nitrogen and oxygen atoms in total. The monoisotopic (exact) mass is 379 g/mol. The van der Waals surface area contributed by atoms with Gasteiger partial charge in [-0.25, -0.2) is 4.98 Å². The summed E-state index contributed by atoms with van der Waals surface area (Å²) in [6.07, 6.45) is 1.58. The zero-order valence-corrected chi connectivity index (χ0v) is 15.7. The zero-order chi connectivity index (χ0) is 19.4. The van der Waals surface area contributed by atoms with E-state index in [0.717, 1.165) is 5.82 Å². The molecule has 1 N–H and O–H groups in total. The quantitative estimate of drug-likeness (QED) is 0.672. The Balaban J connectivity index is 1.85. The van der Waals surface area contributed by atoms with Gasteiger partial charge < -0.3 is 10.2 Å². The number of amides is 1. The van der Waals surface area contributed by atoms with Crippen molar-refractivity contribution < 1.29 is 9.59 Å². The van der Waals surface area contributed by atoms with E-state index in [-0.39, 0.29) is 11.7 Å². The first-order valence-corrected chi connectivity index (χ1v) is 8.67. The van der Waals surface area contributed by atoms with Gasteiger partial charge in [0.15, 0.2) is 5.78 Å². The van der Waals surface area contributed by atoms with Crippen molar-refractivity contribution in [2.24, 2.45) is 0 Å². The molecule has 0 spiro atoms. The summed E-state index contributed by atoms with van der Waals surface area (Å²) < 4.78 is 0. The Bertz CT molecular complexity index is 967. The highest BCUT2D eigenvalue weighted by Crippen LogP contribution is 2.19. The molecule has 1 aromatic heterocycles. The van der Waals surface area contributed by atoms with Crippen LogP contribution in [0, 0.1) is 0 Å². The van der Waals surface area contributed by atoms with Crippen LogP contribution in [0.25, 0.3) is 0 Å². The molecular weight excluding hydrogens is 362 g/mol. The minimum absolute atomic E-state index is 0.238. The van der Waals surface area contributed by atoms with Crippen molar-refractivity contribution in [1.82, 2.24) is 4.98 Å². The molecule has 1 heterocycles. The molecular formula is C21H18ClN3O2. The molecule has 0 unspecified atom stereocenters. The smallest absolute Gasteiger partial charge is 0.256 e. The van der Waals surface area contributed by atoms with E-state index < -0.39 is 0 Å². The second-order valence-corrected chi connectivity index (χ2v) is 6.57. The molecule has 0 aliphatic carbocycles. The third kappa shape index (κ3) is 4.33. The molecule has 1 amide bonds. The van der Waals surface area contributed by atoms with Gasteiger partial charge in [0.1, 0.15) is 5.82 Å². The molecule has 0 aliphatic rings. The molecule has 0 bridgehead atoms. The molecule has 2 aromatic carbocycles. The van der Waals surface area contributed by atoms with Gasteiger partial charge in [0, 0.05) is 30.2 Å². The van der Waals surface area contributed by atoms with Crippen molar-refractivity contribution in [3.05, 3.63) is 88.6 Å². The maximum atomic E-state index is 12.8. The molecule has 136 valence electrons. The van der Waals surface area contributed by atoms with Gasteiger partial charge in [0.05, 0.1) is 17.4 Å². The summed E-state index contributed by atoms with van der Waals surface area (Å²) in [5.41, 5.74) is 1.65. The predicted octanol–water partition coefficient (Wildman–Crippen LogP) is 4.28. The summed E-state index contributed by atoms with van der Waals surface area (Å²) in [5.74, 6) is 0.178. The molecule has 0 atom stereocenters. The first kappa shape index (κ1) is 18.6. The average Bonchev–Trinajstić information content (AvgIpc) is 2.68. The summed E-state index contributed by atoms with van der Waals surface area (Å²) in [6.45, 7) is 0. The highest BCUT2D eigenvalue weighted by Gasteiger charge is 2.18. The van der Waals surface area contributed by atoms with Gasteiger partial charge in [-0.05, 0) is 42.5 Å². The lowest BCUT2D eigenvalue weighted by molar-refractivity contribution is 0.0996. The summed E-state index contributed by atoms with van der Waals surface area (Å²) in [7, 11) is 3.78. The van der Waals surface area contributed by atoms with Crippen LogP contribution in [-0.4, -0.2) is 30.8 Å². The minimum Gasteiger partial charge on any atom is -0.363 e. The molecule has 0 saturated carbocycles. The van der Waals surface area contributed by atoms with Crippen LogP contribution in [0.5, 0.6) is 0 Å². The fourth-order valence-corrected chi connectivity index (χ4v) is 2.68. The van der Waals surface area contributed by atoms with Crippen LogP contribution in [0.1, 0.15) is 26.3 Å². The standard InChI is InChI=1S/C21H18ClN3O2/c1-25(2)19-12-11-16(13-23-19)24-21(27)18-6-4-3-5-17(18)20(26)14-7-9-15(22)10-8-14/h3-13H,1-2H3,(H,24,27). The lowest BCUT2D eigenvalue weighted by Crippen LogP contribution is -2.17. The maximum Gasteiger partial charge on any atom is 0.256 e. The van der Waals surface area contributed by atoms with Gasteiger partial charge in [-0.15, -0.1) is 0 Å². The van der Waals surface area contributed by atoms with Crippen molar-refractivity contribution in [3.63, 3.8) is 0 Å². The van der Waals surface area contributed by atoms with E-state index in [2.05, 4.69) is 10.3 Å². The number of benzene rings is 2. The number of carbonyl (C=O) groups excluding carboxylic acids is 2. The number of nitrogens with one attached hydrogen (secondary N) is 1. The lowest BCUT2D eigenvalue weighted by Gasteiger charge is -2.12. The number of pyridine rings is 1. The van der Waals surface area contributed by atoms with E-state index >= 15 is 0 Å². The van der Waals surface area contributed by atoms with Gasteiger partial charge >= 0.3 is 0 Å². The van der Waals surface area contributed by atoms with E-state index in [1.807, 2.05) is 19.0 Å². The Morgan fingerprint density at radius 1 is 0.926 bits per heavy atom. The number of carbonyl (C=O) groups is 2.